The number of carbonyl (C=O) groups is 1. The average molecular weight is 346 g/mol. The molecule has 0 aromatic heterocycles. The third-order valence-corrected chi connectivity index (χ3v) is 6.00. The van der Waals surface area contributed by atoms with Crippen LogP contribution >= 0.6 is 0 Å². The van der Waals surface area contributed by atoms with E-state index in [2.05, 4.69) is 92.5 Å². The Kier molecular flexibility index (Phi) is 3.72. The lowest BCUT2D eigenvalue weighted by Crippen LogP contribution is -2.58. The summed E-state index contributed by atoms with van der Waals surface area (Å²) in [5.74, 6) is 0.604. The Morgan fingerprint density at radius 2 is 1.77 bits per heavy atom. The smallest absolute Gasteiger partial charge is 0.241 e. The molecule has 2 aromatic rings. The summed E-state index contributed by atoms with van der Waals surface area (Å²) in [5, 5.41) is 3.27. The number of hydrogen-bond donors (Lipinski definition) is 1. The Labute approximate surface area is 155 Å². The minimum Gasteiger partial charge on any atom is -0.335 e. The van der Waals surface area contributed by atoms with Crippen molar-refractivity contribution in [1.82, 2.24) is 5.32 Å². The van der Waals surface area contributed by atoms with Gasteiger partial charge in [-0.3, -0.25) is 4.79 Å². The predicted octanol–water partition coefficient (Wildman–Crippen LogP) is 4.45. The van der Waals surface area contributed by atoms with Crippen molar-refractivity contribution in [1.29, 1.82) is 0 Å². The fourth-order valence-electron chi connectivity index (χ4n) is 4.35. The molecular weight excluding hydrogens is 320 g/mol. The summed E-state index contributed by atoms with van der Waals surface area (Å²) in [5.41, 5.74) is 4.17. The highest BCUT2D eigenvalue weighted by Crippen LogP contribution is 2.52. The van der Waals surface area contributed by atoms with Crippen LogP contribution in [0, 0.1) is 0 Å². The number of anilines is 1. The van der Waals surface area contributed by atoms with E-state index in [1.165, 1.54) is 11.1 Å². The maximum absolute atomic E-state index is 12.3. The fourth-order valence-corrected chi connectivity index (χ4v) is 4.35. The third kappa shape index (κ3) is 2.30. The molecule has 1 atom stereocenters. The molecule has 26 heavy (non-hydrogen) atoms. The van der Waals surface area contributed by atoms with E-state index in [0.717, 1.165) is 11.3 Å². The van der Waals surface area contributed by atoms with Crippen LogP contribution in [-0.2, 0) is 10.2 Å². The lowest BCUT2D eigenvalue weighted by atomic mass is 9.75. The molecule has 1 amide bonds. The highest BCUT2D eigenvalue weighted by Gasteiger charge is 2.59. The maximum Gasteiger partial charge on any atom is 0.241 e. The van der Waals surface area contributed by atoms with Gasteiger partial charge in [-0.1, -0.05) is 76.2 Å². The van der Waals surface area contributed by atoms with Gasteiger partial charge in [-0.2, -0.15) is 0 Å². The van der Waals surface area contributed by atoms with Crippen LogP contribution in [0.4, 0.5) is 5.69 Å². The molecule has 1 N–H and O–H groups in total. The number of nitrogens with zero attached hydrogens (tertiary/aromatic N) is 1. The molecule has 2 aliphatic heterocycles. The van der Waals surface area contributed by atoms with Crippen molar-refractivity contribution in [2.75, 3.05) is 11.4 Å². The largest absolute Gasteiger partial charge is 0.335 e. The van der Waals surface area contributed by atoms with Crippen molar-refractivity contribution in [3.63, 3.8) is 0 Å². The van der Waals surface area contributed by atoms with Crippen molar-refractivity contribution in [3.8, 4) is 0 Å². The first kappa shape index (κ1) is 16.9. The van der Waals surface area contributed by atoms with Gasteiger partial charge < -0.3 is 10.2 Å². The van der Waals surface area contributed by atoms with Crippen molar-refractivity contribution in [2.45, 2.75) is 44.7 Å². The van der Waals surface area contributed by atoms with E-state index in [1.54, 1.807) is 0 Å². The van der Waals surface area contributed by atoms with E-state index < -0.39 is 5.66 Å². The lowest BCUT2D eigenvalue weighted by Gasteiger charge is -2.40. The molecule has 2 aliphatic rings. The van der Waals surface area contributed by atoms with Crippen LogP contribution in [0.3, 0.4) is 0 Å². The van der Waals surface area contributed by atoms with E-state index >= 15 is 0 Å². The number of nitrogens with one attached hydrogen (secondary N) is 1. The van der Waals surface area contributed by atoms with Gasteiger partial charge in [-0.15, -0.1) is 0 Å². The van der Waals surface area contributed by atoms with Gasteiger partial charge in [0.05, 0.1) is 6.54 Å². The molecule has 4 rings (SSSR count). The molecular formula is C23H26N2O. The quantitative estimate of drug-likeness (QED) is 0.891. The van der Waals surface area contributed by atoms with Crippen LogP contribution < -0.4 is 10.2 Å². The molecule has 0 unspecified atom stereocenters. The van der Waals surface area contributed by atoms with Gasteiger partial charge in [0.1, 0.15) is 5.66 Å². The molecule has 1 fully saturated rings. The number of benzene rings is 2. The second-order valence-electron chi connectivity index (χ2n) is 8.20. The summed E-state index contributed by atoms with van der Waals surface area (Å²) in [4.78, 5) is 14.5. The van der Waals surface area contributed by atoms with E-state index in [4.69, 9.17) is 0 Å². The molecule has 3 nitrogen and oxygen atoms in total. The van der Waals surface area contributed by atoms with Crippen molar-refractivity contribution < 1.29 is 4.79 Å². The minimum atomic E-state index is -0.523. The molecule has 1 saturated heterocycles. The summed E-state index contributed by atoms with van der Waals surface area (Å²) in [6.45, 7) is 9.23. The van der Waals surface area contributed by atoms with Crippen LogP contribution in [0.2, 0.25) is 0 Å². The molecule has 0 bridgehead atoms. The number of fused-ring (bicyclic) bond motifs is 3. The van der Waals surface area contributed by atoms with Gasteiger partial charge in [0.15, 0.2) is 0 Å². The monoisotopic (exact) mass is 346 g/mol. The fraction of sp³-hybridized carbons (Fsp3) is 0.348. The van der Waals surface area contributed by atoms with Gasteiger partial charge in [-0.05, 0) is 34.8 Å². The van der Waals surface area contributed by atoms with Crippen molar-refractivity contribution >= 4 is 17.7 Å². The van der Waals surface area contributed by atoms with Crippen LogP contribution in [0.1, 0.15) is 50.3 Å². The minimum absolute atomic E-state index is 0.0763. The third-order valence-electron chi connectivity index (χ3n) is 6.00. The Hall–Kier alpha value is -2.55. The first-order valence-electron chi connectivity index (χ1n) is 9.32. The first-order chi connectivity index (χ1) is 12.3. The second kappa shape index (κ2) is 5.73. The average Bonchev–Trinajstić information content (AvgIpc) is 3.05. The van der Waals surface area contributed by atoms with Crippen LogP contribution in [-0.4, -0.2) is 18.1 Å². The van der Waals surface area contributed by atoms with Crippen LogP contribution in [0.15, 0.2) is 54.6 Å². The molecule has 3 heteroatoms. The molecule has 2 heterocycles. The predicted molar refractivity (Wildman–Crippen MR) is 107 cm³/mol. The van der Waals surface area contributed by atoms with Gasteiger partial charge in [-0.25, -0.2) is 0 Å². The number of rotatable bonds is 3. The topological polar surface area (TPSA) is 32.3 Å². The van der Waals surface area contributed by atoms with Crippen LogP contribution in [0.5, 0.6) is 0 Å². The summed E-state index contributed by atoms with van der Waals surface area (Å²) in [6.07, 6.45) is 4.30. The van der Waals surface area contributed by atoms with E-state index in [0.29, 0.717) is 12.5 Å². The van der Waals surface area contributed by atoms with Crippen molar-refractivity contribution in [2.24, 2.45) is 0 Å². The number of carbonyl (C=O) groups excluding carboxylic acids is 1. The normalized spacial score (nSPS) is 23.4. The highest BCUT2D eigenvalue weighted by atomic mass is 16.2. The maximum atomic E-state index is 12.3. The zero-order chi connectivity index (χ0) is 18.5. The highest BCUT2D eigenvalue weighted by molar-refractivity contribution is 5.91. The Morgan fingerprint density at radius 1 is 1.08 bits per heavy atom. The van der Waals surface area contributed by atoms with Crippen molar-refractivity contribution in [3.05, 3.63) is 71.3 Å². The zero-order valence-corrected chi connectivity index (χ0v) is 15.9. The van der Waals surface area contributed by atoms with E-state index in [-0.39, 0.29) is 11.3 Å². The molecule has 0 radical (unpaired) electrons. The lowest BCUT2D eigenvalue weighted by molar-refractivity contribution is -0.118. The van der Waals surface area contributed by atoms with Gasteiger partial charge in [0.25, 0.3) is 0 Å². The molecule has 2 aromatic carbocycles. The van der Waals surface area contributed by atoms with E-state index in [9.17, 15) is 4.79 Å². The standard InChI is InChI=1S/C23H26N2O/c1-16(2)18-11-9-17(10-12-18)13-14-23-22(3,4)19-7-5-6-8-20(19)25(23)15-21(26)24-23/h5-14,16H,15H2,1-4H3,(H,24,26)/t23-/m0/s1. The van der Waals surface area contributed by atoms with Gasteiger partial charge >= 0.3 is 0 Å². The Morgan fingerprint density at radius 3 is 2.46 bits per heavy atom. The summed E-state index contributed by atoms with van der Waals surface area (Å²) < 4.78 is 0. The zero-order valence-electron chi connectivity index (χ0n) is 15.9. The summed E-state index contributed by atoms with van der Waals surface area (Å²) in [6, 6.07) is 17.1. The molecule has 134 valence electrons. The summed E-state index contributed by atoms with van der Waals surface area (Å²) >= 11 is 0. The Bertz CT molecular complexity index is 879. The van der Waals surface area contributed by atoms with E-state index in [1.807, 2.05) is 6.07 Å². The second-order valence-corrected chi connectivity index (χ2v) is 8.20. The molecule has 0 saturated carbocycles. The Balaban J connectivity index is 1.75. The summed E-state index contributed by atoms with van der Waals surface area (Å²) in [7, 11) is 0. The number of hydrogen-bond acceptors (Lipinski definition) is 2. The van der Waals surface area contributed by atoms with Crippen LogP contribution in [0.25, 0.3) is 6.08 Å². The molecule has 0 aliphatic carbocycles. The molecule has 0 spiro atoms. The number of amides is 1. The number of para-hydroxylation sites is 1. The SMILES string of the molecule is CC(C)c1ccc(C=C[C@]23NC(=O)CN2c2ccccc2C3(C)C)cc1. The van der Waals surface area contributed by atoms with Gasteiger partial charge in [0.2, 0.25) is 5.91 Å². The van der Waals surface area contributed by atoms with Gasteiger partial charge in [0, 0.05) is 11.1 Å². The first-order valence-corrected chi connectivity index (χ1v) is 9.32.